The van der Waals surface area contributed by atoms with Gasteiger partial charge in [-0.3, -0.25) is 4.79 Å². The Hall–Kier alpha value is -1.88. The molecule has 1 aliphatic rings. The first-order valence-electron chi connectivity index (χ1n) is 6.38. The maximum Gasteiger partial charge on any atom is 0.335 e. The van der Waals surface area contributed by atoms with Crippen molar-refractivity contribution in [2.45, 2.75) is 25.4 Å². The lowest BCUT2D eigenvalue weighted by Crippen LogP contribution is -2.35. The first-order valence-corrected chi connectivity index (χ1v) is 6.38. The topological polar surface area (TPSA) is 75.6 Å². The first-order chi connectivity index (χ1) is 9.16. The number of hydrogen-bond donors (Lipinski definition) is 2. The SMILES string of the molecule is O=C(O)c1ccc(CCNC(=O)C2CCCO2)cc1. The van der Waals surface area contributed by atoms with Crippen molar-refractivity contribution < 1.29 is 19.4 Å². The summed E-state index contributed by atoms with van der Waals surface area (Å²) in [7, 11) is 0. The maximum atomic E-state index is 11.7. The quantitative estimate of drug-likeness (QED) is 0.837. The van der Waals surface area contributed by atoms with Crippen molar-refractivity contribution in [3.8, 4) is 0 Å². The molecule has 1 aromatic carbocycles. The molecule has 1 fully saturated rings. The molecule has 0 bridgehead atoms. The fourth-order valence-electron chi connectivity index (χ4n) is 2.04. The largest absolute Gasteiger partial charge is 0.478 e. The molecule has 5 heteroatoms. The van der Waals surface area contributed by atoms with Gasteiger partial charge in [0.15, 0.2) is 0 Å². The van der Waals surface area contributed by atoms with Gasteiger partial charge in [0.2, 0.25) is 5.91 Å². The molecule has 1 unspecified atom stereocenters. The molecule has 102 valence electrons. The zero-order valence-corrected chi connectivity index (χ0v) is 10.6. The fraction of sp³-hybridized carbons (Fsp3) is 0.429. The van der Waals surface area contributed by atoms with Crippen LogP contribution in [-0.4, -0.2) is 36.2 Å². The summed E-state index contributed by atoms with van der Waals surface area (Å²) in [4.78, 5) is 22.4. The number of carbonyl (C=O) groups is 2. The van der Waals surface area contributed by atoms with Crippen molar-refractivity contribution in [1.82, 2.24) is 5.32 Å². The highest BCUT2D eigenvalue weighted by Crippen LogP contribution is 2.11. The Labute approximate surface area is 111 Å². The second kappa shape index (κ2) is 6.33. The van der Waals surface area contributed by atoms with Gasteiger partial charge in [-0.05, 0) is 37.0 Å². The molecule has 1 atom stereocenters. The van der Waals surface area contributed by atoms with Crippen LogP contribution >= 0.6 is 0 Å². The van der Waals surface area contributed by atoms with E-state index >= 15 is 0 Å². The molecule has 1 aromatic rings. The van der Waals surface area contributed by atoms with Crippen LogP contribution < -0.4 is 5.32 Å². The molecule has 0 aliphatic carbocycles. The van der Waals surface area contributed by atoms with Crippen LogP contribution in [0, 0.1) is 0 Å². The van der Waals surface area contributed by atoms with E-state index in [4.69, 9.17) is 9.84 Å². The molecular formula is C14H17NO4. The number of carbonyl (C=O) groups excluding carboxylic acids is 1. The number of hydrogen-bond acceptors (Lipinski definition) is 3. The lowest BCUT2D eigenvalue weighted by molar-refractivity contribution is -0.129. The molecule has 1 amide bonds. The maximum absolute atomic E-state index is 11.7. The van der Waals surface area contributed by atoms with Crippen molar-refractivity contribution in [2.75, 3.05) is 13.2 Å². The van der Waals surface area contributed by atoms with Crippen LogP contribution in [0.5, 0.6) is 0 Å². The normalized spacial score (nSPS) is 18.2. The predicted molar refractivity (Wildman–Crippen MR) is 69.1 cm³/mol. The minimum absolute atomic E-state index is 0.0559. The van der Waals surface area contributed by atoms with E-state index in [1.807, 2.05) is 0 Å². The van der Waals surface area contributed by atoms with E-state index in [2.05, 4.69) is 5.32 Å². The third-order valence-corrected chi connectivity index (χ3v) is 3.14. The van der Waals surface area contributed by atoms with E-state index in [1.165, 1.54) is 0 Å². The molecule has 1 heterocycles. The smallest absolute Gasteiger partial charge is 0.335 e. The molecule has 1 aliphatic heterocycles. The average Bonchev–Trinajstić information content (AvgIpc) is 2.93. The van der Waals surface area contributed by atoms with Gasteiger partial charge in [0, 0.05) is 13.2 Å². The lowest BCUT2D eigenvalue weighted by Gasteiger charge is -2.10. The number of nitrogens with one attached hydrogen (secondary N) is 1. The number of carboxylic acid groups (broad SMARTS) is 1. The van der Waals surface area contributed by atoms with Gasteiger partial charge in [0.25, 0.3) is 0 Å². The zero-order valence-electron chi connectivity index (χ0n) is 10.6. The average molecular weight is 263 g/mol. The summed E-state index contributed by atoms with van der Waals surface area (Å²) in [6, 6.07) is 6.67. The third-order valence-electron chi connectivity index (χ3n) is 3.14. The molecule has 19 heavy (non-hydrogen) atoms. The molecule has 0 spiro atoms. The number of benzene rings is 1. The van der Waals surface area contributed by atoms with Gasteiger partial charge in [-0.15, -0.1) is 0 Å². The number of amides is 1. The highest BCUT2D eigenvalue weighted by molar-refractivity contribution is 5.87. The molecule has 0 saturated carbocycles. The number of rotatable bonds is 5. The lowest BCUT2D eigenvalue weighted by atomic mass is 10.1. The number of ether oxygens (including phenoxy) is 1. The summed E-state index contributed by atoms with van der Waals surface area (Å²) in [5.41, 5.74) is 1.27. The van der Waals surface area contributed by atoms with Crippen molar-refractivity contribution in [3.05, 3.63) is 35.4 Å². The molecule has 2 rings (SSSR count). The molecular weight excluding hydrogens is 246 g/mol. The van der Waals surface area contributed by atoms with Crippen molar-refractivity contribution in [1.29, 1.82) is 0 Å². The molecule has 0 radical (unpaired) electrons. The van der Waals surface area contributed by atoms with E-state index < -0.39 is 5.97 Å². The van der Waals surface area contributed by atoms with Crippen LogP contribution in [0.2, 0.25) is 0 Å². The Balaban J connectivity index is 1.75. The van der Waals surface area contributed by atoms with Crippen molar-refractivity contribution >= 4 is 11.9 Å². The van der Waals surface area contributed by atoms with Crippen LogP contribution in [0.1, 0.15) is 28.8 Å². The van der Waals surface area contributed by atoms with E-state index in [9.17, 15) is 9.59 Å². The summed E-state index contributed by atoms with van der Waals surface area (Å²) in [5.74, 6) is -0.988. The number of carboxylic acids is 1. The van der Waals surface area contributed by atoms with Gasteiger partial charge >= 0.3 is 5.97 Å². The van der Waals surface area contributed by atoms with Gasteiger partial charge in [-0.25, -0.2) is 4.79 Å². The predicted octanol–water partition coefficient (Wildman–Crippen LogP) is 1.22. The van der Waals surface area contributed by atoms with Gasteiger partial charge in [0.05, 0.1) is 5.56 Å². The Morgan fingerprint density at radius 3 is 2.63 bits per heavy atom. The summed E-state index contributed by atoms with van der Waals surface area (Å²) >= 11 is 0. The van der Waals surface area contributed by atoms with Crippen LogP contribution in [0.3, 0.4) is 0 Å². The van der Waals surface area contributed by atoms with Crippen molar-refractivity contribution in [3.63, 3.8) is 0 Å². The Kier molecular flexibility index (Phi) is 4.52. The molecule has 1 saturated heterocycles. The highest BCUT2D eigenvalue weighted by Gasteiger charge is 2.22. The standard InChI is InChI=1S/C14H17NO4/c16-13(12-2-1-9-19-12)15-8-7-10-3-5-11(6-4-10)14(17)18/h3-6,12H,1-2,7-9H2,(H,15,16)(H,17,18). The van der Waals surface area contributed by atoms with E-state index in [0.717, 1.165) is 18.4 Å². The van der Waals surface area contributed by atoms with Gasteiger partial charge in [0.1, 0.15) is 6.10 Å². The minimum Gasteiger partial charge on any atom is -0.478 e. The van der Waals surface area contributed by atoms with Crippen LogP contribution in [-0.2, 0) is 16.0 Å². The van der Waals surface area contributed by atoms with E-state index in [1.54, 1.807) is 24.3 Å². The fourth-order valence-corrected chi connectivity index (χ4v) is 2.04. The summed E-state index contributed by atoms with van der Waals surface area (Å²) in [6.07, 6.45) is 2.11. The second-order valence-electron chi connectivity index (χ2n) is 4.54. The summed E-state index contributed by atoms with van der Waals surface area (Å²) < 4.78 is 5.28. The van der Waals surface area contributed by atoms with E-state index in [0.29, 0.717) is 19.6 Å². The minimum atomic E-state index is -0.932. The van der Waals surface area contributed by atoms with Crippen LogP contribution in [0.25, 0.3) is 0 Å². The molecule has 5 nitrogen and oxygen atoms in total. The molecule has 0 aromatic heterocycles. The van der Waals surface area contributed by atoms with Crippen LogP contribution in [0.15, 0.2) is 24.3 Å². The highest BCUT2D eigenvalue weighted by atomic mass is 16.5. The summed E-state index contributed by atoms with van der Waals surface area (Å²) in [6.45, 7) is 1.19. The van der Waals surface area contributed by atoms with Gasteiger partial charge < -0.3 is 15.2 Å². The van der Waals surface area contributed by atoms with Gasteiger partial charge in [-0.1, -0.05) is 12.1 Å². The zero-order chi connectivity index (χ0) is 13.7. The Bertz CT molecular complexity index is 449. The van der Waals surface area contributed by atoms with Crippen LogP contribution in [0.4, 0.5) is 0 Å². The Morgan fingerprint density at radius 1 is 1.32 bits per heavy atom. The Morgan fingerprint density at radius 2 is 2.05 bits per heavy atom. The monoisotopic (exact) mass is 263 g/mol. The molecule has 2 N–H and O–H groups in total. The van der Waals surface area contributed by atoms with Gasteiger partial charge in [-0.2, -0.15) is 0 Å². The van der Waals surface area contributed by atoms with Crippen molar-refractivity contribution in [2.24, 2.45) is 0 Å². The summed E-state index contributed by atoms with van der Waals surface area (Å²) in [5, 5.41) is 11.6. The second-order valence-corrected chi connectivity index (χ2v) is 4.54. The number of aromatic carboxylic acids is 1. The third kappa shape index (κ3) is 3.79. The first kappa shape index (κ1) is 13.5. The van der Waals surface area contributed by atoms with E-state index in [-0.39, 0.29) is 17.6 Å².